The second-order valence-corrected chi connectivity index (χ2v) is 8.88. The average Bonchev–Trinajstić information content (AvgIpc) is 2.77. The summed E-state index contributed by atoms with van der Waals surface area (Å²) in [6, 6.07) is 8.21. The molecule has 1 aromatic carbocycles. The molecule has 1 aromatic heterocycles. The van der Waals surface area contributed by atoms with E-state index in [-0.39, 0.29) is 11.4 Å². The minimum atomic E-state index is -3.64. The molecule has 4 N–H and O–H groups in total. The molecule has 8 heteroatoms. The summed E-state index contributed by atoms with van der Waals surface area (Å²) in [7, 11) is -3.64. The smallest absolute Gasteiger partial charge is 0.241 e. The SMILES string of the molecule is Cc1sc(Br)cc1S(=O)(=O)NCC(O)c1ccc(N)cc1. The third-order valence-electron chi connectivity index (χ3n) is 2.92. The number of halogens is 1. The normalized spacial score (nSPS) is 13.3. The van der Waals surface area contributed by atoms with Crippen LogP contribution < -0.4 is 10.5 Å². The number of nitrogen functional groups attached to an aromatic ring is 1. The van der Waals surface area contributed by atoms with Crippen molar-refractivity contribution in [1.82, 2.24) is 4.72 Å². The van der Waals surface area contributed by atoms with Gasteiger partial charge in [-0.25, -0.2) is 13.1 Å². The van der Waals surface area contributed by atoms with E-state index in [1.165, 1.54) is 11.3 Å². The predicted octanol–water partition coefficient (Wildman–Crippen LogP) is 2.41. The summed E-state index contributed by atoms with van der Waals surface area (Å²) in [5.74, 6) is 0. The molecule has 0 radical (unpaired) electrons. The van der Waals surface area contributed by atoms with Gasteiger partial charge in [-0.05, 0) is 46.6 Å². The fraction of sp³-hybridized carbons (Fsp3) is 0.231. The number of aliphatic hydroxyl groups excluding tert-OH is 1. The fourth-order valence-electron chi connectivity index (χ4n) is 1.80. The maximum atomic E-state index is 12.2. The van der Waals surface area contributed by atoms with Crippen molar-refractivity contribution < 1.29 is 13.5 Å². The minimum absolute atomic E-state index is 0.0981. The number of anilines is 1. The molecule has 0 aliphatic rings. The first-order valence-corrected chi connectivity index (χ1v) is 9.18. The number of aryl methyl sites for hydroxylation is 1. The van der Waals surface area contributed by atoms with Crippen LogP contribution in [0.2, 0.25) is 0 Å². The number of nitrogens with two attached hydrogens (primary N) is 1. The van der Waals surface area contributed by atoms with Gasteiger partial charge >= 0.3 is 0 Å². The zero-order valence-electron chi connectivity index (χ0n) is 11.2. The van der Waals surface area contributed by atoms with Crippen LogP contribution in [0.3, 0.4) is 0 Å². The van der Waals surface area contributed by atoms with Crippen molar-refractivity contribution in [1.29, 1.82) is 0 Å². The van der Waals surface area contributed by atoms with Crippen molar-refractivity contribution >= 4 is 43.0 Å². The molecule has 5 nitrogen and oxygen atoms in total. The summed E-state index contributed by atoms with van der Waals surface area (Å²) in [5, 5.41) is 10.0. The lowest BCUT2D eigenvalue weighted by Gasteiger charge is -2.12. The molecule has 0 saturated heterocycles. The summed E-state index contributed by atoms with van der Waals surface area (Å²) in [6.45, 7) is 1.64. The number of benzene rings is 1. The molecule has 1 atom stereocenters. The van der Waals surface area contributed by atoms with Gasteiger partial charge in [0.05, 0.1) is 14.8 Å². The van der Waals surface area contributed by atoms with Gasteiger partial charge in [0.25, 0.3) is 0 Å². The maximum absolute atomic E-state index is 12.2. The summed E-state index contributed by atoms with van der Waals surface area (Å²) in [5.41, 5.74) is 6.76. The lowest BCUT2D eigenvalue weighted by atomic mass is 10.1. The molecule has 21 heavy (non-hydrogen) atoms. The molecule has 0 aliphatic carbocycles. The molecule has 114 valence electrons. The number of aliphatic hydroxyl groups is 1. The van der Waals surface area contributed by atoms with Crippen molar-refractivity contribution in [2.24, 2.45) is 0 Å². The van der Waals surface area contributed by atoms with Gasteiger partial charge in [0.2, 0.25) is 10.0 Å². The van der Waals surface area contributed by atoms with Crippen LogP contribution in [-0.2, 0) is 10.0 Å². The molecule has 0 aliphatic heterocycles. The van der Waals surface area contributed by atoms with E-state index < -0.39 is 16.1 Å². The zero-order valence-corrected chi connectivity index (χ0v) is 14.4. The Morgan fingerprint density at radius 3 is 2.52 bits per heavy atom. The second kappa shape index (κ2) is 6.45. The molecule has 0 spiro atoms. The molecule has 1 heterocycles. The Morgan fingerprint density at radius 1 is 1.38 bits per heavy atom. The Kier molecular flexibility index (Phi) is 5.05. The van der Waals surface area contributed by atoms with E-state index >= 15 is 0 Å². The van der Waals surface area contributed by atoms with Gasteiger partial charge in [-0.1, -0.05) is 12.1 Å². The van der Waals surface area contributed by atoms with Crippen LogP contribution >= 0.6 is 27.3 Å². The summed E-state index contributed by atoms with van der Waals surface area (Å²) < 4.78 is 27.6. The molecular weight excluding hydrogens is 376 g/mol. The molecule has 1 unspecified atom stereocenters. The van der Waals surface area contributed by atoms with Gasteiger partial charge in [-0.15, -0.1) is 11.3 Å². The number of hydrogen-bond donors (Lipinski definition) is 3. The van der Waals surface area contributed by atoms with E-state index in [9.17, 15) is 13.5 Å². The lowest BCUT2D eigenvalue weighted by molar-refractivity contribution is 0.182. The molecule has 0 saturated carbocycles. The minimum Gasteiger partial charge on any atom is -0.399 e. The highest BCUT2D eigenvalue weighted by atomic mass is 79.9. The average molecular weight is 391 g/mol. The van der Waals surface area contributed by atoms with Crippen LogP contribution in [-0.4, -0.2) is 20.1 Å². The van der Waals surface area contributed by atoms with Crippen LogP contribution in [0.5, 0.6) is 0 Å². The van der Waals surface area contributed by atoms with Gasteiger partial charge in [0.15, 0.2) is 0 Å². The van der Waals surface area contributed by atoms with Crippen LogP contribution in [0.1, 0.15) is 16.5 Å². The predicted molar refractivity (Wildman–Crippen MR) is 87.8 cm³/mol. The maximum Gasteiger partial charge on any atom is 0.241 e. The topological polar surface area (TPSA) is 92.4 Å². The summed E-state index contributed by atoms with van der Waals surface area (Å²) in [6.07, 6.45) is -0.928. The van der Waals surface area contributed by atoms with Crippen molar-refractivity contribution in [3.8, 4) is 0 Å². The highest BCUT2D eigenvalue weighted by molar-refractivity contribution is 9.11. The fourth-order valence-corrected chi connectivity index (χ4v) is 5.25. The van der Waals surface area contributed by atoms with E-state index in [0.717, 1.165) is 3.79 Å². The molecule has 0 fully saturated rings. The number of rotatable bonds is 5. The summed E-state index contributed by atoms with van der Waals surface area (Å²) >= 11 is 4.61. The Labute approximate surface area is 136 Å². The number of hydrogen-bond acceptors (Lipinski definition) is 5. The second-order valence-electron chi connectivity index (χ2n) is 4.51. The van der Waals surface area contributed by atoms with Crippen molar-refractivity contribution in [2.75, 3.05) is 12.3 Å². The summed E-state index contributed by atoms with van der Waals surface area (Å²) in [4.78, 5) is 0.917. The first-order valence-electron chi connectivity index (χ1n) is 6.08. The third kappa shape index (κ3) is 4.04. The molecule has 2 rings (SSSR count). The standard InChI is InChI=1S/C13H15BrN2O3S2/c1-8-12(6-13(14)20-8)21(18,19)16-7-11(17)9-2-4-10(15)5-3-9/h2-6,11,16-17H,7,15H2,1H3. The number of sulfonamides is 1. The first kappa shape index (κ1) is 16.4. The zero-order chi connectivity index (χ0) is 15.6. The molecular formula is C13H15BrN2O3S2. The van der Waals surface area contributed by atoms with Crippen LogP contribution in [0.4, 0.5) is 5.69 Å². The van der Waals surface area contributed by atoms with Crippen molar-refractivity contribution in [3.63, 3.8) is 0 Å². The van der Waals surface area contributed by atoms with Crippen LogP contribution in [0.25, 0.3) is 0 Å². The van der Waals surface area contributed by atoms with Crippen LogP contribution in [0.15, 0.2) is 39.0 Å². The van der Waals surface area contributed by atoms with E-state index in [1.54, 1.807) is 37.3 Å². The van der Waals surface area contributed by atoms with E-state index in [4.69, 9.17) is 5.73 Å². The largest absolute Gasteiger partial charge is 0.399 e. The number of nitrogens with one attached hydrogen (secondary N) is 1. The van der Waals surface area contributed by atoms with Gasteiger partial charge in [0, 0.05) is 17.1 Å². The molecule has 0 bridgehead atoms. The first-order chi connectivity index (χ1) is 9.79. The quantitative estimate of drug-likeness (QED) is 0.683. The van der Waals surface area contributed by atoms with Crippen molar-refractivity contribution in [2.45, 2.75) is 17.9 Å². The molecule has 2 aromatic rings. The van der Waals surface area contributed by atoms with E-state index in [0.29, 0.717) is 16.1 Å². The third-order valence-corrected chi connectivity index (χ3v) is 6.15. The van der Waals surface area contributed by atoms with Gasteiger partial charge in [-0.3, -0.25) is 0 Å². The molecule has 0 amide bonds. The van der Waals surface area contributed by atoms with E-state index in [2.05, 4.69) is 20.7 Å². The Bertz CT molecular complexity index is 726. The van der Waals surface area contributed by atoms with Crippen molar-refractivity contribution in [3.05, 3.63) is 44.6 Å². The van der Waals surface area contributed by atoms with Gasteiger partial charge in [0.1, 0.15) is 0 Å². The Hall–Kier alpha value is -0.930. The lowest BCUT2D eigenvalue weighted by Crippen LogP contribution is -2.28. The van der Waals surface area contributed by atoms with E-state index in [1.807, 2.05) is 0 Å². The van der Waals surface area contributed by atoms with Gasteiger partial charge in [-0.2, -0.15) is 0 Å². The monoisotopic (exact) mass is 390 g/mol. The number of thiophene rings is 1. The highest BCUT2D eigenvalue weighted by Gasteiger charge is 2.20. The van der Waals surface area contributed by atoms with Crippen LogP contribution in [0, 0.1) is 6.92 Å². The highest BCUT2D eigenvalue weighted by Crippen LogP contribution is 2.29. The Morgan fingerprint density at radius 2 is 2.00 bits per heavy atom. The van der Waals surface area contributed by atoms with Gasteiger partial charge < -0.3 is 10.8 Å². The Balaban J connectivity index is 2.08.